The van der Waals surface area contributed by atoms with Crippen LogP contribution in [0.5, 0.6) is 0 Å². The van der Waals surface area contributed by atoms with Gasteiger partial charge in [0.05, 0.1) is 26.4 Å². The largest absolute Gasteiger partial charge is 0.472 e. The van der Waals surface area contributed by atoms with Crippen LogP contribution in [-0.2, 0) is 65.4 Å². The van der Waals surface area contributed by atoms with Crippen molar-refractivity contribution in [2.45, 2.75) is 354 Å². The highest BCUT2D eigenvalue weighted by Gasteiger charge is 2.30. The van der Waals surface area contributed by atoms with Crippen LogP contribution in [-0.4, -0.2) is 96.7 Å². The summed E-state index contributed by atoms with van der Waals surface area (Å²) in [5.74, 6) is -2.19. The van der Waals surface area contributed by atoms with Crippen molar-refractivity contribution in [3.8, 4) is 0 Å². The summed E-state index contributed by atoms with van der Waals surface area (Å²) in [4.78, 5) is 72.7. The SMILES string of the molecule is CCCCC/C=C\C/C=C\CCCCCCCC(=O)OCC(COP(=O)(O)OCC(O)COP(=O)(O)OCC(COC(=O)CCCCCCC/C=C\CCCCCC)OC(=O)CCCCCCCCCCCCC)OC(=O)CCCCCCC/C=C\C/C=C\CCCCC. The molecule has 94 heavy (non-hydrogen) atoms. The van der Waals surface area contributed by atoms with Gasteiger partial charge >= 0.3 is 39.5 Å². The number of ether oxygens (including phenoxy) is 4. The van der Waals surface area contributed by atoms with Gasteiger partial charge in [0.2, 0.25) is 0 Å². The number of aliphatic hydroxyl groups excluding tert-OH is 1. The minimum Gasteiger partial charge on any atom is -0.462 e. The molecule has 0 fully saturated rings. The van der Waals surface area contributed by atoms with Gasteiger partial charge in [0.1, 0.15) is 19.3 Å². The van der Waals surface area contributed by atoms with Crippen LogP contribution < -0.4 is 0 Å². The highest BCUT2D eigenvalue weighted by Crippen LogP contribution is 2.45. The number of rotatable bonds is 71. The predicted molar refractivity (Wildman–Crippen MR) is 381 cm³/mol. The second-order valence-corrected chi connectivity index (χ2v) is 28.1. The van der Waals surface area contributed by atoms with Crippen molar-refractivity contribution in [3.05, 3.63) is 60.8 Å². The van der Waals surface area contributed by atoms with Crippen LogP contribution in [0.25, 0.3) is 0 Å². The zero-order valence-corrected chi connectivity index (χ0v) is 61.4. The first-order chi connectivity index (χ1) is 45.7. The molecule has 0 bridgehead atoms. The molecule has 0 spiro atoms. The molecule has 0 amide bonds. The Balaban J connectivity index is 5.33. The topological polar surface area (TPSA) is 237 Å². The third-order valence-corrected chi connectivity index (χ3v) is 17.9. The van der Waals surface area contributed by atoms with Crippen LogP contribution in [0.3, 0.4) is 0 Å². The van der Waals surface area contributed by atoms with Crippen molar-refractivity contribution in [1.82, 2.24) is 0 Å². The molecule has 0 aromatic carbocycles. The predicted octanol–water partition coefficient (Wildman–Crippen LogP) is 21.1. The third-order valence-electron chi connectivity index (χ3n) is 16.0. The molecule has 0 saturated heterocycles. The first-order valence-electron chi connectivity index (χ1n) is 37.5. The molecular formula is C75H136O17P2. The van der Waals surface area contributed by atoms with E-state index in [2.05, 4.69) is 88.5 Å². The van der Waals surface area contributed by atoms with Crippen LogP contribution in [0, 0.1) is 0 Å². The van der Waals surface area contributed by atoms with Crippen molar-refractivity contribution in [2.24, 2.45) is 0 Å². The van der Waals surface area contributed by atoms with Gasteiger partial charge in [-0.1, -0.05) is 255 Å². The molecule has 3 N–H and O–H groups in total. The monoisotopic (exact) mass is 1370 g/mol. The number of phosphoric acid groups is 2. The molecule has 0 heterocycles. The lowest BCUT2D eigenvalue weighted by Gasteiger charge is -2.21. The molecule has 19 heteroatoms. The van der Waals surface area contributed by atoms with Gasteiger partial charge in [-0.25, -0.2) is 9.13 Å². The lowest BCUT2D eigenvalue weighted by Crippen LogP contribution is -2.30. The Morgan fingerprint density at radius 1 is 0.298 bits per heavy atom. The maximum absolute atomic E-state index is 13.1. The first-order valence-corrected chi connectivity index (χ1v) is 40.5. The van der Waals surface area contributed by atoms with Gasteiger partial charge < -0.3 is 33.8 Å². The van der Waals surface area contributed by atoms with Crippen molar-refractivity contribution in [2.75, 3.05) is 39.6 Å². The Bertz CT molecular complexity index is 2030. The fourth-order valence-electron chi connectivity index (χ4n) is 10.2. The number of carbonyl (C=O) groups excluding carboxylic acids is 4. The maximum atomic E-state index is 13.1. The normalized spacial score (nSPS) is 14.3. The van der Waals surface area contributed by atoms with Gasteiger partial charge in [0.15, 0.2) is 12.2 Å². The highest BCUT2D eigenvalue weighted by molar-refractivity contribution is 7.47. The maximum Gasteiger partial charge on any atom is 0.472 e. The van der Waals surface area contributed by atoms with E-state index < -0.39 is 97.5 Å². The molecular weight excluding hydrogens is 1230 g/mol. The van der Waals surface area contributed by atoms with E-state index in [-0.39, 0.29) is 25.7 Å². The van der Waals surface area contributed by atoms with Crippen LogP contribution in [0.2, 0.25) is 0 Å². The summed E-state index contributed by atoms with van der Waals surface area (Å²) in [7, 11) is -9.94. The van der Waals surface area contributed by atoms with Crippen LogP contribution in [0.1, 0.15) is 336 Å². The minimum absolute atomic E-state index is 0.0791. The average Bonchev–Trinajstić information content (AvgIpc) is 1.36. The number of hydrogen-bond donors (Lipinski definition) is 3. The Kier molecular flexibility index (Phi) is 65.9. The fraction of sp³-hybridized carbons (Fsp3) is 0.813. The summed E-state index contributed by atoms with van der Waals surface area (Å²) >= 11 is 0. The van der Waals surface area contributed by atoms with E-state index in [1.165, 1.54) is 103 Å². The standard InChI is InChI=1S/C75H136O17P2/c1-5-9-13-17-21-25-29-32-34-37-41-44-48-52-56-60-73(78)86-66-71(92-75(80)62-58-54-50-46-42-38-35-33-30-26-22-18-14-10-6-2)68-90-94(83,84)88-64-69(76)63-87-93(81,82)89-67-70(91-74(79)61-57-53-49-45-39-28-24-20-16-12-8-4)65-85-72(77)59-55-51-47-43-40-36-31-27-23-19-15-11-7-3/h21-22,25-27,31-35,69-71,76H,5-20,23-24,28-30,36-68H2,1-4H3,(H,81,82)(H,83,84)/b25-21-,26-22-,31-27-,34-32-,35-33-. The van der Waals surface area contributed by atoms with Gasteiger partial charge in [-0.3, -0.25) is 37.3 Å². The van der Waals surface area contributed by atoms with Gasteiger partial charge in [-0.2, -0.15) is 0 Å². The van der Waals surface area contributed by atoms with Crippen molar-refractivity contribution in [1.29, 1.82) is 0 Å². The highest BCUT2D eigenvalue weighted by atomic mass is 31.2. The van der Waals surface area contributed by atoms with Crippen molar-refractivity contribution >= 4 is 39.5 Å². The Morgan fingerprint density at radius 3 is 0.830 bits per heavy atom. The Morgan fingerprint density at radius 2 is 0.521 bits per heavy atom. The summed E-state index contributed by atoms with van der Waals surface area (Å²) in [5.41, 5.74) is 0. The van der Waals surface area contributed by atoms with Crippen molar-refractivity contribution in [3.63, 3.8) is 0 Å². The van der Waals surface area contributed by atoms with Gasteiger partial charge in [-0.15, -0.1) is 0 Å². The van der Waals surface area contributed by atoms with E-state index >= 15 is 0 Å². The molecule has 5 unspecified atom stereocenters. The molecule has 5 atom stereocenters. The quantitative estimate of drug-likeness (QED) is 0.0169. The van der Waals surface area contributed by atoms with E-state index in [0.717, 1.165) is 154 Å². The molecule has 0 rings (SSSR count). The van der Waals surface area contributed by atoms with Gasteiger partial charge in [-0.05, 0) is 116 Å². The fourth-order valence-corrected chi connectivity index (χ4v) is 11.7. The van der Waals surface area contributed by atoms with E-state index in [4.69, 9.17) is 37.0 Å². The summed E-state index contributed by atoms with van der Waals surface area (Å²) in [6.45, 7) is 4.79. The first kappa shape index (κ1) is 90.8. The van der Waals surface area contributed by atoms with E-state index in [0.29, 0.717) is 25.7 Å². The third kappa shape index (κ3) is 67.3. The zero-order chi connectivity index (χ0) is 69.0. The molecule has 0 aliphatic rings. The Hall–Kier alpha value is -3.24. The average molecular weight is 1370 g/mol. The molecule has 0 aromatic heterocycles. The lowest BCUT2D eigenvalue weighted by molar-refractivity contribution is -0.161. The minimum atomic E-state index is -4.97. The number of phosphoric ester groups is 2. The zero-order valence-electron chi connectivity index (χ0n) is 59.6. The van der Waals surface area contributed by atoms with Crippen LogP contribution in [0.15, 0.2) is 60.8 Å². The van der Waals surface area contributed by atoms with E-state index in [1.54, 1.807) is 0 Å². The molecule has 17 nitrogen and oxygen atoms in total. The van der Waals surface area contributed by atoms with E-state index in [9.17, 15) is 43.2 Å². The van der Waals surface area contributed by atoms with Crippen LogP contribution in [0.4, 0.5) is 0 Å². The van der Waals surface area contributed by atoms with Crippen molar-refractivity contribution < 1.29 is 80.2 Å². The Labute approximate surface area is 571 Å². The number of aliphatic hydroxyl groups is 1. The smallest absolute Gasteiger partial charge is 0.462 e. The molecule has 548 valence electrons. The number of hydrogen-bond acceptors (Lipinski definition) is 15. The summed E-state index contributed by atoms with van der Waals surface area (Å²) in [5, 5.41) is 10.6. The summed E-state index contributed by atoms with van der Waals surface area (Å²) < 4.78 is 68.3. The van der Waals surface area contributed by atoms with Gasteiger partial charge in [0.25, 0.3) is 0 Å². The number of allylic oxidation sites excluding steroid dienone is 10. The second kappa shape index (κ2) is 68.3. The molecule has 0 saturated carbocycles. The summed E-state index contributed by atoms with van der Waals surface area (Å²) in [6.07, 6.45) is 65.0. The number of esters is 4. The lowest BCUT2D eigenvalue weighted by atomic mass is 10.1. The van der Waals surface area contributed by atoms with Crippen LogP contribution >= 0.6 is 15.6 Å². The number of unbranched alkanes of at least 4 members (excludes halogenated alkanes) is 35. The summed E-state index contributed by atoms with van der Waals surface area (Å²) in [6, 6.07) is 0. The molecule has 0 aliphatic carbocycles. The molecule has 0 aliphatic heterocycles. The second-order valence-electron chi connectivity index (χ2n) is 25.2. The number of carbonyl (C=O) groups is 4. The van der Waals surface area contributed by atoms with Gasteiger partial charge in [0, 0.05) is 25.7 Å². The molecule has 0 aromatic rings. The van der Waals surface area contributed by atoms with E-state index in [1.807, 2.05) is 0 Å². The molecule has 0 radical (unpaired) electrons.